The average Bonchev–Trinajstić information content (AvgIpc) is 2.70. The third-order valence-electron chi connectivity index (χ3n) is 5.03. The summed E-state index contributed by atoms with van der Waals surface area (Å²) in [7, 11) is 0. The molecule has 0 aliphatic rings. The van der Waals surface area contributed by atoms with E-state index in [1.807, 2.05) is 0 Å². The van der Waals surface area contributed by atoms with Crippen LogP contribution in [-0.4, -0.2) is 0 Å². The Hall–Kier alpha value is -1.81. The summed E-state index contributed by atoms with van der Waals surface area (Å²) < 4.78 is 1.85. The van der Waals surface area contributed by atoms with Crippen molar-refractivity contribution in [2.75, 3.05) is 0 Å². The maximum absolute atomic E-state index is 2.44. The molecule has 0 heterocycles. The Kier molecular flexibility index (Phi) is 6.14. The quantitative estimate of drug-likeness (QED) is 0.445. The molecule has 1 heteroatoms. The molecule has 0 N–H and O–H groups in total. The van der Waals surface area contributed by atoms with Gasteiger partial charge >= 0.3 is 157 Å². The molecule has 129 valence electrons. The first kappa shape index (κ1) is 18.0. The van der Waals surface area contributed by atoms with Crippen LogP contribution in [0.3, 0.4) is 0 Å². The van der Waals surface area contributed by atoms with Crippen molar-refractivity contribution in [2.24, 2.45) is 0 Å². The van der Waals surface area contributed by atoms with Crippen LogP contribution < -0.4 is 0 Å². The molecule has 0 bridgehead atoms. The molecular weight excluding hydrogens is 340 g/mol. The van der Waals surface area contributed by atoms with E-state index < -0.39 is 14.1 Å². The first-order valence-electron chi connectivity index (χ1n) is 9.04. The van der Waals surface area contributed by atoms with E-state index in [1.54, 1.807) is 0 Å². The van der Waals surface area contributed by atoms with Gasteiger partial charge in [-0.1, -0.05) is 0 Å². The van der Waals surface area contributed by atoms with Crippen LogP contribution in [0.2, 0.25) is 0 Å². The van der Waals surface area contributed by atoms with Crippen LogP contribution in [0.1, 0.15) is 51.8 Å². The summed E-state index contributed by atoms with van der Waals surface area (Å²) >= 11 is -1.02. The van der Waals surface area contributed by atoms with Crippen LogP contribution in [0.25, 0.3) is 0 Å². The molecule has 0 fully saturated rings. The Bertz CT molecular complexity index is 644. The molecule has 0 saturated carbocycles. The van der Waals surface area contributed by atoms with Crippen molar-refractivity contribution >= 4 is 0 Å². The van der Waals surface area contributed by atoms with E-state index in [-0.39, 0.29) is 0 Å². The van der Waals surface area contributed by atoms with E-state index in [4.69, 9.17) is 0 Å². The normalized spacial score (nSPS) is 14.9. The van der Waals surface area contributed by atoms with Crippen molar-refractivity contribution < 1.29 is 14.1 Å². The number of hydrogen-bond donors (Lipinski definition) is 0. The average molecular weight is 367 g/mol. The van der Waals surface area contributed by atoms with Crippen LogP contribution in [0, 0.1) is 0 Å². The van der Waals surface area contributed by atoms with Crippen molar-refractivity contribution in [3.05, 3.63) is 108 Å². The fraction of sp³-hybridized carbons (Fsp3) is 0.250. The Morgan fingerprint density at radius 3 is 0.920 bits per heavy atom. The van der Waals surface area contributed by atoms with Crippen molar-refractivity contribution in [1.29, 1.82) is 0 Å². The maximum atomic E-state index is 2.44. The van der Waals surface area contributed by atoms with E-state index in [0.29, 0.717) is 14.3 Å². The van der Waals surface area contributed by atoms with Crippen LogP contribution >= 0.6 is 0 Å². The summed E-state index contributed by atoms with van der Waals surface area (Å²) in [5.74, 6) is 0. The number of hydrogen-bond acceptors (Lipinski definition) is 0. The standard InChI is InChI=1S/3C8H9.Cr/c3*1-2-8-6-4-3-5-7-8;/h3*2-7H,1H3;. The van der Waals surface area contributed by atoms with Gasteiger partial charge in [0.1, 0.15) is 0 Å². The van der Waals surface area contributed by atoms with Gasteiger partial charge in [0, 0.05) is 0 Å². The Labute approximate surface area is 156 Å². The fourth-order valence-corrected chi connectivity index (χ4v) is 8.64. The van der Waals surface area contributed by atoms with E-state index in [9.17, 15) is 0 Å². The third-order valence-corrected chi connectivity index (χ3v) is 10.1. The number of benzene rings is 3. The summed E-state index contributed by atoms with van der Waals surface area (Å²) in [6.07, 6.45) is 0. The second-order valence-electron chi connectivity index (χ2n) is 6.57. The van der Waals surface area contributed by atoms with Crippen LogP contribution in [0.4, 0.5) is 0 Å². The molecule has 0 saturated heterocycles. The second-order valence-corrected chi connectivity index (χ2v) is 11.2. The van der Waals surface area contributed by atoms with E-state index >= 15 is 0 Å². The summed E-state index contributed by atoms with van der Waals surface area (Å²) in [6, 6.07) is 33.2. The Balaban J connectivity index is 1.99. The Morgan fingerprint density at radius 1 is 0.440 bits per heavy atom. The zero-order chi connectivity index (χ0) is 17.6. The van der Waals surface area contributed by atoms with Crippen molar-refractivity contribution in [3.63, 3.8) is 0 Å². The SMILES string of the molecule is C[CH](c1ccccc1)[Cr]([CH](C)c1ccccc1)[CH](C)c1ccccc1. The molecule has 0 radical (unpaired) electrons. The summed E-state index contributed by atoms with van der Waals surface area (Å²) in [6.45, 7) is 7.33. The molecule has 3 rings (SSSR count). The van der Waals surface area contributed by atoms with Crippen LogP contribution in [-0.2, 0) is 14.1 Å². The van der Waals surface area contributed by atoms with Crippen molar-refractivity contribution in [3.8, 4) is 0 Å². The minimum absolute atomic E-state index is 0.617. The Morgan fingerprint density at radius 2 is 0.680 bits per heavy atom. The molecule has 3 aromatic carbocycles. The van der Waals surface area contributed by atoms with Crippen LogP contribution in [0.5, 0.6) is 0 Å². The van der Waals surface area contributed by atoms with E-state index in [0.717, 1.165) is 0 Å². The molecule has 0 aromatic heterocycles. The summed E-state index contributed by atoms with van der Waals surface area (Å²) in [5, 5.41) is 0. The molecule has 0 aliphatic carbocycles. The van der Waals surface area contributed by atoms with Gasteiger partial charge in [-0.3, -0.25) is 0 Å². The molecule has 3 unspecified atom stereocenters. The van der Waals surface area contributed by atoms with Gasteiger partial charge in [-0.2, -0.15) is 0 Å². The molecular formula is C24H27Cr. The topological polar surface area (TPSA) is 0 Å². The minimum atomic E-state index is -1.02. The van der Waals surface area contributed by atoms with Crippen molar-refractivity contribution in [2.45, 2.75) is 35.1 Å². The van der Waals surface area contributed by atoms with Crippen LogP contribution in [0.15, 0.2) is 91.0 Å². The number of rotatable bonds is 6. The van der Waals surface area contributed by atoms with Gasteiger partial charge in [-0.25, -0.2) is 0 Å². The predicted molar refractivity (Wildman–Crippen MR) is 105 cm³/mol. The molecule has 25 heavy (non-hydrogen) atoms. The first-order valence-corrected chi connectivity index (χ1v) is 11.2. The molecule has 0 nitrogen and oxygen atoms in total. The molecule has 3 atom stereocenters. The van der Waals surface area contributed by atoms with Gasteiger partial charge < -0.3 is 0 Å². The van der Waals surface area contributed by atoms with Gasteiger partial charge in [0.25, 0.3) is 0 Å². The van der Waals surface area contributed by atoms with Crippen molar-refractivity contribution in [1.82, 2.24) is 0 Å². The monoisotopic (exact) mass is 367 g/mol. The van der Waals surface area contributed by atoms with Gasteiger partial charge in [0.15, 0.2) is 0 Å². The zero-order valence-corrected chi connectivity index (χ0v) is 16.6. The summed E-state index contributed by atoms with van der Waals surface area (Å²) in [5.41, 5.74) is 4.45. The van der Waals surface area contributed by atoms with Gasteiger partial charge in [-0.05, 0) is 0 Å². The predicted octanol–water partition coefficient (Wildman–Crippen LogP) is 6.89. The molecule has 3 aromatic rings. The fourth-order valence-electron chi connectivity index (χ4n) is 3.56. The third kappa shape index (κ3) is 4.24. The molecule has 0 aliphatic heterocycles. The van der Waals surface area contributed by atoms with Gasteiger partial charge in [-0.15, -0.1) is 0 Å². The second kappa shape index (κ2) is 8.53. The van der Waals surface area contributed by atoms with E-state index in [2.05, 4.69) is 112 Å². The zero-order valence-electron chi connectivity index (χ0n) is 15.3. The molecule has 0 amide bonds. The van der Waals surface area contributed by atoms with Gasteiger partial charge in [0.05, 0.1) is 0 Å². The first-order chi connectivity index (χ1) is 12.2. The molecule has 0 spiro atoms. The summed E-state index contributed by atoms with van der Waals surface area (Å²) in [4.78, 5) is 0. The van der Waals surface area contributed by atoms with E-state index in [1.165, 1.54) is 16.7 Å². The van der Waals surface area contributed by atoms with Gasteiger partial charge in [0.2, 0.25) is 0 Å².